The number of thioether (sulfide) groups is 1. The Balaban J connectivity index is 1.68. The average molecular weight is 388 g/mol. The van der Waals surface area contributed by atoms with E-state index in [1.807, 2.05) is 17.5 Å². The van der Waals surface area contributed by atoms with Gasteiger partial charge in [0.25, 0.3) is 0 Å². The summed E-state index contributed by atoms with van der Waals surface area (Å²) in [6.07, 6.45) is 0.408. The van der Waals surface area contributed by atoms with Crippen molar-refractivity contribution in [2.45, 2.75) is 19.4 Å². The van der Waals surface area contributed by atoms with Crippen molar-refractivity contribution in [3.05, 3.63) is 21.8 Å². The third-order valence-corrected chi connectivity index (χ3v) is 6.39. The zero-order valence-electron chi connectivity index (χ0n) is 12.2. The molecule has 1 aliphatic heterocycles. The van der Waals surface area contributed by atoms with Crippen LogP contribution in [0.3, 0.4) is 0 Å². The van der Waals surface area contributed by atoms with Gasteiger partial charge in [0.1, 0.15) is 6.04 Å². The van der Waals surface area contributed by atoms with Gasteiger partial charge >= 0.3 is 0 Å². The maximum Gasteiger partial charge on any atom is 0.249 e. The van der Waals surface area contributed by atoms with E-state index in [9.17, 15) is 9.59 Å². The number of thiazole rings is 1. The van der Waals surface area contributed by atoms with E-state index >= 15 is 0 Å². The molecule has 0 spiro atoms. The van der Waals surface area contributed by atoms with Crippen molar-refractivity contribution >= 4 is 63.0 Å². The zero-order chi connectivity index (χ0) is 16.4. The number of nitrogens with zero attached hydrogens (tertiary/aromatic N) is 2. The van der Waals surface area contributed by atoms with Gasteiger partial charge in [-0.3, -0.25) is 9.59 Å². The molecule has 0 bridgehead atoms. The van der Waals surface area contributed by atoms with Crippen molar-refractivity contribution in [2.75, 3.05) is 16.9 Å². The Morgan fingerprint density at radius 2 is 2.30 bits per heavy atom. The Labute approximate surface area is 151 Å². The molecule has 3 rings (SSSR count). The number of thiophene rings is 1. The molecule has 5 nitrogen and oxygen atoms in total. The Kier molecular flexibility index (Phi) is 5.25. The first-order valence-electron chi connectivity index (χ1n) is 6.97. The second-order valence-corrected chi connectivity index (χ2v) is 8.44. The molecule has 9 heteroatoms. The lowest BCUT2D eigenvalue weighted by Gasteiger charge is -2.21. The van der Waals surface area contributed by atoms with Gasteiger partial charge in [0, 0.05) is 17.6 Å². The fraction of sp³-hybridized carbons (Fsp3) is 0.357. The zero-order valence-corrected chi connectivity index (χ0v) is 15.4. The minimum atomic E-state index is -0.420. The summed E-state index contributed by atoms with van der Waals surface area (Å²) < 4.78 is 0.704. The first-order chi connectivity index (χ1) is 11.1. The SMILES string of the molecule is CCC(=O)N1CSCC1C(=O)Nc1nc(-c2ccc(Cl)s2)cs1. The number of aromatic nitrogens is 1. The van der Waals surface area contributed by atoms with Crippen LogP contribution in [0.5, 0.6) is 0 Å². The number of hydrogen-bond acceptors (Lipinski definition) is 6. The van der Waals surface area contributed by atoms with E-state index < -0.39 is 6.04 Å². The molecule has 3 heterocycles. The van der Waals surface area contributed by atoms with Gasteiger partial charge in [-0.15, -0.1) is 34.4 Å². The molecule has 2 amide bonds. The van der Waals surface area contributed by atoms with Crippen molar-refractivity contribution in [2.24, 2.45) is 0 Å². The summed E-state index contributed by atoms with van der Waals surface area (Å²) in [5.74, 6) is 1.02. The number of hydrogen-bond donors (Lipinski definition) is 1. The molecule has 0 saturated carbocycles. The highest BCUT2D eigenvalue weighted by molar-refractivity contribution is 7.99. The highest BCUT2D eigenvalue weighted by Crippen LogP contribution is 2.33. The van der Waals surface area contributed by atoms with Gasteiger partial charge in [-0.05, 0) is 12.1 Å². The molecule has 1 saturated heterocycles. The van der Waals surface area contributed by atoms with Crippen LogP contribution < -0.4 is 5.32 Å². The summed E-state index contributed by atoms with van der Waals surface area (Å²) in [6.45, 7) is 1.81. The minimum Gasteiger partial charge on any atom is -0.321 e. The number of carbonyl (C=O) groups is 2. The molecule has 0 aromatic carbocycles. The molecule has 1 atom stereocenters. The fourth-order valence-corrected chi connectivity index (χ4v) is 5.17. The number of amides is 2. The number of carbonyl (C=O) groups excluding carboxylic acids is 2. The standard InChI is InChI=1S/C14H14ClN3O2S3/c1-2-12(19)18-7-21-6-9(18)13(20)17-14-16-8(5-22-14)10-3-4-11(15)23-10/h3-5,9H,2,6-7H2,1H3,(H,16,17,20). The largest absolute Gasteiger partial charge is 0.321 e. The van der Waals surface area contributed by atoms with Crippen LogP contribution in [0.4, 0.5) is 5.13 Å². The summed E-state index contributed by atoms with van der Waals surface area (Å²) in [5.41, 5.74) is 0.796. The molecule has 0 radical (unpaired) electrons. The smallest absolute Gasteiger partial charge is 0.249 e. The summed E-state index contributed by atoms with van der Waals surface area (Å²) in [5, 5.41) is 5.25. The maximum atomic E-state index is 12.4. The molecule has 1 aliphatic rings. The summed E-state index contributed by atoms with van der Waals surface area (Å²) in [7, 11) is 0. The maximum absolute atomic E-state index is 12.4. The second-order valence-electron chi connectivity index (χ2n) is 4.86. The second kappa shape index (κ2) is 7.21. The quantitative estimate of drug-likeness (QED) is 0.867. The number of rotatable bonds is 4. The first kappa shape index (κ1) is 16.8. The van der Waals surface area contributed by atoms with Crippen LogP contribution >= 0.6 is 46.0 Å². The average Bonchev–Trinajstić information content (AvgIpc) is 3.25. The Hall–Kier alpha value is -1.09. The normalized spacial score (nSPS) is 17.5. The van der Waals surface area contributed by atoms with Gasteiger partial charge < -0.3 is 10.2 Å². The van der Waals surface area contributed by atoms with Crippen molar-refractivity contribution in [3.8, 4) is 10.6 Å². The van der Waals surface area contributed by atoms with Crippen LogP contribution in [0.2, 0.25) is 4.34 Å². The van der Waals surface area contributed by atoms with Gasteiger partial charge in [-0.25, -0.2) is 4.98 Å². The summed E-state index contributed by atoms with van der Waals surface area (Å²) >= 11 is 10.3. The lowest BCUT2D eigenvalue weighted by Crippen LogP contribution is -2.44. The highest BCUT2D eigenvalue weighted by Gasteiger charge is 2.34. The summed E-state index contributed by atoms with van der Waals surface area (Å²) in [6, 6.07) is 3.31. The van der Waals surface area contributed by atoms with E-state index in [0.717, 1.165) is 10.6 Å². The van der Waals surface area contributed by atoms with Crippen LogP contribution in [-0.2, 0) is 9.59 Å². The van der Waals surface area contributed by atoms with Gasteiger partial charge in [0.2, 0.25) is 11.8 Å². The number of anilines is 1. The Bertz CT molecular complexity index is 730. The number of nitrogens with one attached hydrogen (secondary N) is 1. The third kappa shape index (κ3) is 3.71. The molecule has 122 valence electrons. The highest BCUT2D eigenvalue weighted by atomic mass is 35.5. The van der Waals surface area contributed by atoms with E-state index in [1.54, 1.807) is 23.6 Å². The molecule has 2 aromatic heterocycles. The van der Waals surface area contributed by atoms with Gasteiger partial charge in [0.15, 0.2) is 5.13 Å². The monoisotopic (exact) mass is 387 g/mol. The predicted octanol–water partition coefficient (Wildman–Crippen LogP) is 3.78. The number of halogens is 1. The fourth-order valence-electron chi connectivity index (χ4n) is 2.19. The van der Waals surface area contributed by atoms with Gasteiger partial charge in [-0.2, -0.15) is 0 Å². The van der Waals surface area contributed by atoms with Crippen molar-refractivity contribution < 1.29 is 9.59 Å². The lowest BCUT2D eigenvalue weighted by molar-refractivity contribution is -0.135. The lowest BCUT2D eigenvalue weighted by atomic mass is 10.2. The van der Waals surface area contributed by atoms with Crippen molar-refractivity contribution in [3.63, 3.8) is 0 Å². The summed E-state index contributed by atoms with van der Waals surface area (Å²) in [4.78, 5) is 31.3. The van der Waals surface area contributed by atoms with E-state index in [4.69, 9.17) is 11.6 Å². The van der Waals surface area contributed by atoms with E-state index in [0.29, 0.717) is 27.5 Å². The predicted molar refractivity (Wildman–Crippen MR) is 97.3 cm³/mol. The van der Waals surface area contributed by atoms with Crippen LogP contribution in [-0.4, -0.2) is 39.4 Å². The van der Waals surface area contributed by atoms with Gasteiger partial charge in [-0.1, -0.05) is 18.5 Å². The van der Waals surface area contributed by atoms with Gasteiger partial charge in [0.05, 0.1) is 20.8 Å². The molecule has 1 fully saturated rings. The first-order valence-corrected chi connectivity index (χ1v) is 10.2. The van der Waals surface area contributed by atoms with E-state index in [2.05, 4.69) is 10.3 Å². The third-order valence-electron chi connectivity index (χ3n) is 3.37. The molecule has 2 aromatic rings. The topological polar surface area (TPSA) is 62.3 Å². The molecular weight excluding hydrogens is 374 g/mol. The molecular formula is C14H14ClN3O2S3. The van der Waals surface area contributed by atoms with Crippen LogP contribution in [0.1, 0.15) is 13.3 Å². The van der Waals surface area contributed by atoms with Crippen molar-refractivity contribution in [1.29, 1.82) is 0 Å². The minimum absolute atomic E-state index is 0.00297. The Morgan fingerprint density at radius 1 is 1.48 bits per heavy atom. The van der Waals surface area contributed by atoms with Crippen molar-refractivity contribution in [1.82, 2.24) is 9.88 Å². The molecule has 1 unspecified atom stereocenters. The van der Waals surface area contributed by atoms with E-state index in [1.165, 1.54) is 22.7 Å². The van der Waals surface area contributed by atoms with Crippen LogP contribution in [0, 0.1) is 0 Å². The molecule has 0 aliphatic carbocycles. The Morgan fingerprint density at radius 3 is 3.00 bits per heavy atom. The molecule has 23 heavy (non-hydrogen) atoms. The van der Waals surface area contributed by atoms with Crippen LogP contribution in [0.25, 0.3) is 10.6 Å². The molecule has 1 N–H and O–H groups in total. The van der Waals surface area contributed by atoms with E-state index in [-0.39, 0.29) is 11.8 Å². The van der Waals surface area contributed by atoms with Crippen LogP contribution in [0.15, 0.2) is 17.5 Å².